The third kappa shape index (κ3) is 5.46. The van der Waals surface area contributed by atoms with Gasteiger partial charge >= 0.3 is 5.97 Å². The van der Waals surface area contributed by atoms with Crippen molar-refractivity contribution in [3.8, 4) is 11.5 Å². The van der Waals surface area contributed by atoms with Gasteiger partial charge in [-0.1, -0.05) is 11.6 Å². The van der Waals surface area contributed by atoms with Crippen LogP contribution in [-0.4, -0.2) is 22.3 Å². The van der Waals surface area contributed by atoms with Gasteiger partial charge in [-0.05, 0) is 74.5 Å². The lowest BCUT2D eigenvalue weighted by Gasteiger charge is -2.24. The number of hydrogen-bond acceptors (Lipinski definition) is 6. The Morgan fingerprint density at radius 1 is 0.839 bits per heavy atom. The van der Waals surface area contributed by atoms with E-state index in [1.807, 2.05) is 0 Å². The SMILES string of the molecule is CC(C)(Oc1ccc(C(=O)c2ccc(Cl)cc2)cc1)C(=O)Oc1ccc([N+](=O)[O-])cc1. The molecule has 0 aliphatic carbocycles. The Morgan fingerprint density at radius 3 is 1.84 bits per heavy atom. The second-order valence-electron chi connectivity index (χ2n) is 7.11. The molecule has 0 heterocycles. The number of non-ortho nitro benzene ring substituents is 1. The molecule has 3 aromatic rings. The van der Waals surface area contributed by atoms with Crippen molar-refractivity contribution in [3.63, 3.8) is 0 Å². The minimum absolute atomic E-state index is 0.108. The fourth-order valence-electron chi connectivity index (χ4n) is 2.64. The molecule has 8 heteroatoms. The summed E-state index contributed by atoms with van der Waals surface area (Å²) in [5.74, 6) is -0.308. The Labute approximate surface area is 183 Å². The largest absolute Gasteiger partial charge is 0.476 e. The number of nitro benzene ring substituents is 1. The van der Waals surface area contributed by atoms with Crippen molar-refractivity contribution < 1.29 is 24.0 Å². The van der Waals surface area contributed by atoms with Gasteiger partial charge < -0.3 is 9.47 Å². The Hall–Kier alpha value is -3.71. The lowest BCUT2D eigenvalue weighted by molar-refractivity contribution is -0.384. The fourth-order valence-corrected chi connectivity index (χ4v) is 2.77. The van der Waals surface area contributed by atoms with E-state index in [0.717, 1.165) is 0 Å². The van der Waals surface area contributed by atoms with Crippen LogP contribution in [0.2, 0.25) is 5.02 Å². The van der Waals surface area contributed by atoms with E-state index >= 15 is 0 Å². The molecule has 0 saturated heterocycles. The van der Waals surface area contributed by atoms with Crippen LogP contribution in [-0.2, 0) is 4.79 Å². The summed E-state index contributed by atoms with van der Waals surface area (Å²) in [5.41, 5.74) is -0.488. The van der Waals surface area contributed by atoms with Gasteiger partial charge in [0, 0.05) is 28.3 Å². The molecule has 0 N–H and O–H groups in total. The van der Waals surface area contributed by atoms with Crippen molar-refractivity contribution in [3.05, 3.63) is 99.1 Å². The van der Waals surface area contributed by atoms with E-state index < -0.39 is 16.5 Å². The van der Waals surface area contributed by atoms with E-state index in [1.54, 1.807) is 48.5 Å². The lowest BCUT2D eigenvalue weighted by atomic mass is 10.0. The number of benzene rings is 3. The quantitative estimate of drug-likeness (QED) is 0.164. The fraction of sp³-hybridized carbons (Fsp3) is 0.130. The summed E-state index contributed by atoms with van der Waals surface area (Å²) in [5, 5.41) is 11.3. The Bertz CT molecular complexity index is 1110. The van der Waals surface area contributed by atoms with Gasteiger partial charge in [0.15, 0.2) is 5.78 Å². The summed E-state index contributed by atoms with van der Waals surface area (Å²) < 4.78 is 11.0. The van der Waals surface area contributed by atoms with E-state index in [-0.39, 0.29) is 17.2 Å². The summed E-state index contributed by atoms with van der Waals surface area (Å²) in [6, 6.07) is 18.1. The molecule has 7 nitrogen and oxygen atoms in total. The molecular weight excluding hydrogens is 422 g/mol. The first-order valence-corrected chi connectivity index (χ1v) is 9.59. The predicted molar refractivity (Wildman–Crippen MR) is 115 cm³/mol. The van der Waals surface area contributed by atoms with Crippen LogP contribution in [0.15, 0.2) is 72.8 Å². The number of halogens is 1. The average molecular weight is 440 g/mol. The number of nitro groups is 1. The van der Waals surface area contributed by atoms with E-state index in [0.29, 0.717) is 21.9 Å². The molecule has 0 saturated carbocycles. The number of hydrogen-bond donors (Lipinski definition) is 0. The summed E-state index contributed by atoms with van der Waals surface area (Å²) >= 11 is 5.85. The number of nitrogens with zero attached hydrogens (tertiary/aromatic N) is 1. The van der Waals surface area contributed by atoms with Crippen LogP contribution in [0.25, 0.3) is 0 Å². The van der Waals surface area contributed by atoms with Gasteiger partial charge in [-0.15, -0.1) is 0 Å². The Kier molecular flexibility index (Phi) is 6.36. The molecule has 3 rings (SSSR count). The molecule has 31 heavy (non-hydrogen) atoms. The van der Waals surface area contributed by atoms with Crippen molar-refractivity contribution in [2.24, 2.45) is 0 Å². The molecule has 0 aromatic heterocycles. The minimum Gasteiger partial charge on any atom is -0.476 e. The molecule has 0 amide bonds. The minimum atomic E-state index is -1.34. The van der Waals surface area contributed by atoms with Gasteiger partial charge in [-0.25, -0.2) is 4.79 Å². The number of ether oxygens (including phenoxy) is 2. The first-order chi connectivity index (χ1) is 14.7. The average Bonchev–Trinajstić information content (AvgIpc) is 2.74. The highest BCUT2D eigenvalue weighted by Gasteiger charge is 2.32. The molecule has 3 aromatic carbocycles. The van der Waals surface area contributed by atoms with Gasteiger partial charge in [-0.2, -0.15) is 0 Å². The normalized spacial score (nSPS) is 10.9. The Morgan fingerprint density at radius 2 is 1.32 bits per heavy atom. The van der Waals surface area contributed by atoms with Crippen LogP contribution in [0.3, 0.4) is 0 Å². The van der Waals surface area contributed by atoms with Gasteiger partial charge in [-0.3, -0.25) is 14.9 Å². The molecule has 0 aliphatic rings. The lowest BCUT2D eigenvalue weighted by Crippen LogP contribution is -2.41. The van der Waals surface area contributed by atoms with Crippen molar-refractivity contribution >= 4 is 29.0 Å². The van der Waals surface area contributed by atoms with Crippen LogP contribution in [0, 0.1) is 10.1 Å². The molecule has 0 bridgehead atoms. The van der Waals surface area contributed by atoms with Crippen LogP contribution in [0.4, 0.5) is 5.69 Å². The first kappa shape index (κ1) is 22.0. The summed E-state index contributed by atoms with van der Waals surface area (Å²) in [6.45, 7) is 3.07. The van der Waals surface area contributed by atoms with Gasteiger partial charge in [0.2, 0.25) is 5.60 Å². The van der Waals surface area contributed by atoms with Crippen LogP contribution in [0.5, 0.6) is 11.5 Å². The number of carbonyl (C=O) groups excluding carboxylic acids is 2. The van der Waals surface area contributed by atoms with Crippen molar-refractivity contribution in [2.75, 3.05) is 0 Å². The van der Waals surface area contributed by atoms with E-state index in [1.165, 1.54) is 38.1 Å². The molecule has 0 spiro atoms. The second kappa shape index (κ2) is 8.97. The van der Waals surface area contributed by atoms with Crippen molar-refractivity contribution in [1.82, 2.24) is 0 Å². The maximum absolute atomic E-state index is 12.5. The smallest absolute Gasteiger partial charge is 0.355 e. The van der Waals surface area contributed by atoms with Crippen LogP contribution in [0.1, 0.15) is 29.8 Å². The highest BCUT2D eigenvalue weighted by molar-refractivity contribution is 6.30. The maximum atomic E-state index is 12.5. The zero-order chi connectivity index (χ0) is 22.6. The molecule has 0 unspecified atom stereocenters. The first-order valence-electron chi connectivity index (χ1n) is 9.22. The van der Waals surface area contributed by atoms with E-state index in [9.17, 15) is 19.7 Å². The zero-order valence-electron chi connectivity index (χ0n) is 16.7. The zero-order valence-corrected chi connectivity index (χ0v) is 17.5. The molecule has 0 radical (unpaired) electrons. The predicted octanol–water partition coefficient (Wildman–Crippen LogP) is 5.24. The third-order valence-electron chi connectivity index (χ3n) is 4.35. The molecule has 0 atom stereocenters. The second-order valence-corrected chi connectivity index (χ2v) is 7.55. The monoisotopic (exact) mass is 439 g/mol. The van der Waals surface area contributed by atoms with Gasteiger partial charge in [0.1, 0.15) is 11.5 Å². The molecule has 158 valence electrons. The summed E-state index contributed by atoms with van der Waals surface area (Å²) in [6.07, 6.45) is 0. The topological polar surface area (TPSA) is 95.7 Å². The number of esters is 1. The molecule has 0 fully saturated rings. The number of ketones is 1. The van der Waals surface area contributed by atoms with E-state index in [2.05, 4.69) is 0 Å². The van der Waals surface area contributed by atoms with Crippen molar-refractivity contribution in [1.29, 1.82) is 0 Å². The Balaban J connectivity index is 1.66. The molecule has 0 aliphatic heterocycles. The third-order valence-corrected chi connectivity index (χ3v) is 4.60. The van der Waals surface area contributed by atoms with E-state index in [4.69, 9.17) is 21.1 Å². The maximum Gasteiger partial charge on any atom is 0.355 e. The summed E-state index contributed by atoms with van der Waals surface area (Å²) in [4.78, 5) is 35.2. The number of rotatable bonds is 7. The van der Waals surface area contributed by atoms with Crippen LogP contribution < -0.4 is 9.47 Å². The van der Waals surface area contributed by atoms with Gasteiger partial charge in [0.05, 0.1) is 4.92 Å². The van der Waals surface area contributed by atoms with Crippen molar-refractivity contribution in [2.45, 2.75) is 19.4 Å². The van der Waals surface area contributed by atoms with Gasteiger partial charge in [0.25, 0.3) is 5.69 Å². The molecular formula is C23H18ClNO6. The van der Waals surface area contributed by atoms with Crippen LogP contribution >= 0.6 is 11.6 Å². The summed E-state index contributed by atoms with van der Waals surface area (Å²) in [7, 11) is 0. The number of carbonyl (C=O) groups is 2. The standard InChI is InChI=1S/C23H18ClNO6/c1-23(2,22(27)30-19-13-9-18(10-14-19)25(28)29)31-20-11-5-16(6-12-20)21(26)15-3-7-17(24)8-4-15/h3-14H,1-2H3. The highest BCUT2D eigenvalue weighted by atomic mass is 35.5. The highest BCUT2D eigenvalue weighted by Crippen LogP contribution is 2.24.